The summed E-state index contributed by atoms with van der Waals surface area (Å²) in [5, 5.41) is 22.5. The van der Waals surface area contributed by atoms with E-state index in [9.17, 15) is 44.0 Å². The summed E-state index contributed by atoms with van der Waals surface area (Å²) in [4.78, 5) is 36.6. The molecule has 0 unspecified atom stereocenters. The van der Waals surface area contributed by atoms with Crippen molar-refractivity contribution in [3.05, 3.63) is 109 Å². The molecular weight excluding hydrogens is 1020 g/mol. The number of sulfonamides is 1. The maximum absolute atomic E-state index is 13.3. The van der Waals surface area contributed by atoms with Crippen LogP contribution in [0.3, 0.4) is 0 Å². The van der Waals surface area contributed by atoms with Gasteiger partial charge in [0.15, 0.2) is 21.1 Å². The van der Waals surface area contributed by atoms with E-state index in [1.54, 1.807) is 42.5 Å². The van der Waals surface area contributed by atoms with Gasteiger partial charge in [0.1, 0.15) is 34.0 Å². The standard InChI is InChI=1S/C24H25F2N7O4S.C22H23F2N7O4S/c1-31-9-3-5-15(31)13-32-14-19(29-23(34)18-12-28-33-10-4-8-27-22(18)33)21(30-32)17-11-16(38(2,35)36)6-7-20(17)37-24(25)26;1-4-9-30(3)36(33,34)14-6-7-18(35-22(23)24)15(11-14)19-17(13-29(2)28-19)27-21(32)16-12-26-31-10-5-8-25-20(16)31/h4,6-8,10-12,14-15,24H,3,5,9,13H2,1-2H3,(H,29,34);5-8,10-13,22H,4,9H2,1-3H3,(H,27,32)/t15-;/m1./s1. The Balaban J connectivity index is 0.000000197. The number of carbonyl (C=O) groups is 2. The molecule has 74 heavy (non-hydrogen) atoms. The van der Waals surface area contributed by atoms with Crippen molar-refractivity contribution in [3.63, 3.8) is 0 Å². The van der Waals surface area contributed by atoms with Crippen LogP contribution in [0.4, 0.5) is 28.9 Å². The number of fused-ring (bicyclic) bond motifs is 2. The number of amides is 2. The zero-order chi connectivity index (χ0) is 53.1. The Morgan fingerprint density at radius 1 is 0.784 bits per heavy atom. The summed E-state index contributed by atoms with van der Waals surface area (Å²) < 4.78 is 120. The third-order valence-electron chi connectivity index (χ3n) is 11.7. The highest BCUT2D eigenvalue weighted by molar-refractivity contribution is 7.90. The lowest BCUT2D eigenvalue weighted by Gasteiger charge is -2.19. The first-order valence-electron chi connectivity index (χ1n) is 22.6. The van der Waals surface area contributed by atoms with E-state index in [2.05, 4.69) is 50.6 Å². The largest absolute Gasteiger partial charge is 0.434 e. The Labute approximate surface area is 420 Å². The minimum atomic E-state index is -3.92. The Hall–Kier alpha value is -7.82. The average molecular weight is 1070 g/mol. The normalized spacial score (nSPS) is 14.2. The number of halogens is 4. The van der Waals surface area contributed by atoms with Crippen molar-refractivity contribution < 1.29 is 53.5 Å². The summed E-state index contributed by atoms with van der Waals surface area (Å²) >= 11 is 0. The second-order valence-corrected chi connectivity index (χ2v) is 21.0. The van der Waals surface area contributed by atoms with Gasteiger partial charge in [-0.05, 0) is 81.4 Å². The van der Waals surface area contributed by atoms with Crippen molar-refractivity contribution in [2.45, 2.75) is 61.8 Å². The van der Waals surface area contributed by atoms with Crippen LogP contribution in [0.2, 0.25) is 0 Å². The van der Waals surface area contributed by atoms with E-state index >= 15 is 0 Å². The van der Waals surface area contributed by atoms with Gasteiger partial charge < -0.3 is 25.0 Å². The third-order valence-corrected chi connectivity index (χ3v) is 14.7. The molecule has 2 amide bonds. The number of rotatable bonds is 17. The van der Waals surface area contributed by atoms with Gasteiger partial charge in [0, 0.05) is 81.2 Å². The SMILES string of the molecule is CCCN(C)S(=O)(=O)c1ccc(OC(F)F)c(-c2nn(C)cc2NC(=O)c2cnn3cccnc23)c1.CN1CCC[C@@H]1Cn1cc(NC(=O)c2cnn3cccnc23)c(-c2cc(S(C)(=O)=O)ccc2OC(F)F)n1. The molecular formula is C46H48F4N14O8S2. The number of aromatic nitrogens is 10. The molecule has 0 bridgehead atoms. The predicted molar refractivity (Wildman–Crippen MR) is 260 cm³/mol. The number of anilines is 2. The van der Waals surface area contributed by atoms with Gasteiger partial charge in [0.05, 0.1) is 40.1 Å². The first kappa shape index (κ1) is 52.5. The number of sulfone groups is 1. The van der Waals surface area contributed by atoms with E-state index in [1.165, 1.54) is 80.3 Å². The number of aryl methyl sites for hydroxylation is 1. The number of hydrogen-bond donors (Lipinski definition) is 2. The summed E-state index contributed by atoms with van der Waals surface area (Å²) in [5.74, 6) is -1.69. The number of nitrogens with one attached hydrogen (secondary N) is 2. The molecule has 1 saturated heterocycles. The molecule has 6 aromatic heterocycles. The smallest absolute Gasteiger partial charge is 0.387 e. The number of hydrogen-bond acceptors (Lipinski definition) is 15. The zero-order valence-corrected chi connectivity index (χ0v) is 41.8. The number of likely N-dealkylation sites (tertiary alicyclic amines) is 1. The van der Waals surface area contributed by atoms with Crippen LogP contribution in [-0.2, 0) is 33.5 Å². The molecule has 390 valence electrons. The highest BCUT2D eigenvalue weighted by atomic mass is 32.2. The molecule has 1 atom stereocenters. The van der Waals surface area contributed by atoms with Crippen molar-refractivity contribution in [2.24, 2.45) is 7.05 Å². The van der Waals surface area contributed by atoms with Crippen LogP contribution in [0, 0.1) is 0 Å². The lowest BCUT2D eigenvalue weighted by Crippen LogP contribution is -2.29. The molecule has 1 fully saturated rings. The Morgan fingerprint density at radius 3 is 1.82 bits per heavy atom. The topological polar surface area (TPSA) is 247 Å². The van der Waals surface area contributed by atoms with Crippen molar-refractivity contribution in [1.82, 2.24) is 58.0 Å². The van der Waals surface area contributed by atoms with Crippen molar-refractivity contribution in [3.8, 4) is 34.0 Å². The first-order valence-corrected chi connectivity index (χ1v) is 25.9. The van der Waals surface area contributed by atoms with Crippen LogP contribution in [0.5, 0.6) is 11.5 Å². The number of nitrogens with zero attached hydrogens (tertiary/aromatic N) is 12. The fraction of sp³-hybridized carbons (Fsp3) is 0.304. The van der Waals surface area contributed by atoms with Crippen molar-refractivity contribution in [1.29, 1.82) is 0 Å². The van der Waals surface area contributed by atoms with Crippen LogP contribution in [-0.4, -0.2) is 139 Å². The van der Waals surface area contributed by atoms with Gasteiger partial charge in [-0.2, -0.15) is 38.0 Å². The van der Waals surface area contributed by atoms with Gasteiger partial charge in [-0.25, -0.2) is 40.1 Å². The fourth-order valence-electron chi connectivity index (χ4n) is 8.16. The second kappa shape index (κ2) is 21.7. The van der Waals surface area contributed by atoms with Crippen LogP contribution in [0.25, 0.3) is 33.8 Å². The summed E-state index contributed by atoms with van der Waals surface area (Å²) in [7, 11) is -2.60. The number of benzene rings is 2. The average Bonchev–Trinajstić information content (AvgIpc) is 4.21. The van der Waals surface area contributed by atoms with E-state index in [1.807, 2.05) is 14.0 Å². The second-order valence-electron chi connectivity index (χ2n) is 16.9. The van der Waals surface area contributed by atoms with Crippen LogP contribution < -0.4 is 20.1 Å². The van der Waals surface area contributed by atoms with Crippen LogP contribution in [0.1, 0.15) is 46.9 Å². The number of alkyl halides is 4. The Kier molecular flexibility index (Phi) is 15.4. The van der Waals surface area contributed by atoms with Gasteiger partial charge in [0.2, 0.25) is 10.0 Å². The quantitative estimate of drug-likeness (QED) is 0.1000. The summed E-state index contributed by atoms with van der Waals surface area (Å²) in [6.45, 7) is -2.80. The molecule has 22 nitrogen and oxygen atoms in total. The Morgan fingerprint density at radius 2 is 1.31 bits per heavy atom. The molecule has 7 heterocycles. The van der Waals surface area contributed by atoms with Gasteiger partial charge in [-0.1, -0.05) is 6.92 Å². The molecule has 8 aromatic rings. The molecule has 2 N–H and O–H groups in total. The lowest BCUT2D eigenvalue weighted by molar-refractivity contribution is -0.0501. The monoisotopic (exact) mass is 1060 g/mol. The van der Waals surface area contributed by atoms with Crippen LogP contribution in [0.15, 0.2) is 108 Å². The van der Waals surface area contributed by atoms with Gasteiger partial charge in [0.25, 0.3) is 11.8 Å². The molecule has 1 aliphatic rings. The summed E-state index contributed by atoms with van der Waals surface area (Å²) in [5.41, 5.74) is 1.44. The molecule has 0 spiro atoms. The molecule has 0 radical (unpaired) electrons. The fourth-order valence-corrected chi connectivity index (χ4v) is 10.1. The highest BCUT2D eigenvalue weighted by Crippen LogP contribution is 2.39. The molecule has 0 aliphatic carbocycles. The van der Waals surface area contributed by atoms with Crippen molar-refractivity contribution in [2.75, 3.05) is 44.1 Å². The maximum Gasteiger partial charge on any atom is 0.387 e. The number of likely N-dealkylation sites (N-methyl/N-ethyl adjacent to an activating group) is 1. The molecule has 0 saturated carbocycles. The first-order chi connectivity index (χ1) is 35.2. The van der Waals surface area contributed by atoms with E-state index < -0.39 is 44.9 Å². The van der Waals surface area contributed by atoms with Crippen molar-refractivity contribution >= 4 is 54.3 Å². The maximum atomic E-state index is 13.3. The molecule has 9 rings (SSSR count). The van der Waals surface area contributed by atoms with Gasteiger partial charge >= 0.3 is 13.2 Å². The van der Waals surface area contributed by atoms with Gasteiger partial charge in [-0.15, -0.1) is 0 Å². The van der Waals surface area contributed by atoms with E-state index in [0.29, 0.717) is 24.3 Å². The number of carbonyl (C=O) groups excluding carboxylic acids is 2. The van der Waals surface area contributed by atoms with E-state index in [-0.39, 0.29) is 78.9 Å². The zero-order valence-electron chi connectivity index (χ0n) is 40.2. The number of ether oxygens (including phenoxy) is 2. The highest BCUT2D eigenvalue weighted by Gasteiger charge is 2.29. The Bertz CT molecular complexity index is 3590. The minimum Gasteiger partial charge on any atom is -0.434 e. The predicted octanol–water partition coefficient (Wildman–Crippen LogP) is 5.96. The third kappa shape index (κ3) is 11.5. The minimum absolute atomic E-state index is 0.0000377. The lowest BCUT2D eigenvalue weighted by atomic mass is 10.1. The summed E-state index contributed by atoms with van der Waals surface area (Å²) in [6.07, 6.45) is 15.7. The van der Waals surface area contributed by atoms with Crippen LogP contribution >= 0.6 is 0 Å². The van der Waals surface area contributed by atoms with E-state index in [0.717, 1.165) is 37.8 Å². The van der Waals surface area contributed by atoms with E-state index in [4.69, 9.17) is 4.74 Å². The molecule has 1 aliphatic heterocycles. The molecule has 2 aromatic carbocycles. The summed E-state index contributed by atoms with van der Waals surface area (Å²) in [6, 6.07) is 10.6. The van der Waals surface area contributed by atoms with Gasteiger partial charge in [-0.3, -0.25) is 19.0 Å². The molecule has 28 heteroatoms.